The number of ether oxygens (including phenoxy) is 1. The molecule has 6 nitrogen and oxygen atoms in total. The van der Waals surface area contributed by atoms with Crippen molar-refractivity contribution in [2.75, 3.05) is 32.8 Å². The SMILES string of the molecule is Cc1cc(C)cc(OCC(=O)N2CCN(C(=O)c3cc4c(F)ccc(F)c4[nH]3)CC2)c1. The average Bonchev–Trinajstić information content (AvgIpc) is 3.20. The van der Waals surface area contributed by atoms with Crippen LogP contribution in [-0.4, -0.2) is 59.4 Å². The van der Waals surface area contributed by atoms with Crippen LogP contribution in [0.2, 0.25) is 0 Å². The third-order valence-electron chi connectivity index (χ3n) is 5.40. The highest BCUT2D eigenvalue weighted by molar-refractivity contribution is 5.98. The van der Waals surface area contributed by atoms with Gasteiger partial charge in [0.1, 0.15) is 23.1 Å². The number of carbonyl (C=O) groups is 2. The van der Waals surface area contributed by atoms with Crippen LogP contribution in [0.3, 0.4) is 0 Å². The van der Waals surface area contributed by atoms with Gasteiger partial charge in [-0.1, -0.05) is 6.07 Å². The van der Waals surface area contributed by atoms with Crippen LogP contribution in [0.5, 0.6) is 5.75 Å². The van der Waals surface area contributed by atoms with E-state index >= 15 is 0 Å². The van der Waals surface area contributed by atoms with Gasteiger partial charge < -0.3 is 19.5 Å². The van der Waals surface area contributed by atoms with E-state index in [0.717, 1.165) is 23.3 Å². The second-order valence-corrected chi connectivity index (χ2v) is 7.79. The van der Waals surface area contributed by atoms with E-state index in [1.807, 2.05) is 32.0 Å². The normalized spacial score (nSPS) is 14.2. The van der Waals surface area contributed by atoms with Crippen molar-refractivity contribution in [1.82, 2.24) is 14.8 Å². The predicted molar refractivity (Wildman–Crippen MR) is 112 cm³/mol. The molecule has 0 radical (unpaired) electrons. The molecule has 1 aliphatic rings. The van der Waals surface area contributed by atoms with E-state index < -0.39 is 11.6 Å². The van der Waals surface area contributed by atoms with E-state index in [9.17, 15) is 18.4 Å². The monoisotopic (exact) mass is 427 g/mol. The summed E-state index contributed by atoms with van der Waals surface area (Å²) in [4.78, 5) is 31.1. The van der Waals surface area contributed by atoms with Gasteiger partial charge in [-0.25, -0.2) is 8.78 Å². The van der Waals surface area contributed by atoms with Crippen molar-refractivity contribution in [3.05, 3.63) is 64.9 Å². The maximum atomic E-state index is 13.9. The fraction of sp³-hybridized carbons (Fsp3) is 0.304. The maximum absolute atomic E-state index is 13.9. The van der Waals surface area contributed by atoms with Crippen LogP contribution in [0.25, 0.3) is 10.9 Å². The Morgan fingerprint density at radius 2 is 1.55 bits per heavy atom. The number of nitrogens with one attached hydrogen (secondary N) is 1. The molecule has 1 aliphatic heterocycles. The number of carbonyl (C=O) groups excluding carboxylic acids is 2. The van der Waals surface area contributed by atoms with Crippen LogP contribution >= 0.6 is 0 Å². The smallest absolute Gasteiger partial charge is 0.270 e. The standard InChI is InChI=1S/C23H23F2N3O3/c1-14-9-15(2)11-16(10-14)31-13-21(29)27-5-7-28(8-6-27)23(30)20-12-17-18(24)3-4-19(25)22(17)26-20/h3-4,9-12,26H,5-8,13H2,1-2H3. The number of hydrogen-bond donors (Lipinski definition) is 1. The van der Waals surface area contributed by atoms with E-state index in [1.54, 1.807) is 9.80 Å². The lowest BCUT2D eigenvalue weighted by Crippen LogP contribution is -2.51. The largest absolute Gasteiger partial charge is 0.484 e. The van der Waals surface area contributed by atoms with Crippen LogP contribution in [0, 0.1) is 25.5 Å². The van der Waals surface area contributed by atoms with Crippen molar-refractivity contribution in [2.45, 2.75) is 13.8 Å². The zero-order valence-corrected chi connectivity index (χ0v) is 17.4. The number of aryl methyl sites for hydroxylation is 2. The van der Waals surface area contributed by atoms with Crippen molar-refractivity contribution < 1.29 is 23.1 Å². The molecule has 2 amide bonds. The van der Waals surface area contributed by atoms with Crippen molar-refractivity contribution in [1.29, 1.82) is 0 Å². The number of aromatic nitrogens is 1. The summed E-state index contributed by atoms with van der Waals surface area (Å²) in [5.74, 6) is -1.06. The molecular weight excluding hydrogens is 404 g/mol. The zero-order chi connectivity index (χ0) is 22.1. The Kier molecular flexibility index (Phi) is 5.63. The number of nitrogens with zero attached hydrogens (tertiary/aromatic N) is 2. The number of halogens is 2. The van der Waals surface area contributed by atoms with Crippen LogP contribution in [-0.2, 0) is 4.79 Å². The molecule has 162 valence electrons. The Morgan fingerprint density at radius 1 is 0.935 bits per heavy atom. The Labute approximate surface area is 178 Å². The first-order valence-electron chi connectivity index (χ1n) is 10.1. The first-order chi connectivity index (χ1) is 14.8. The van der Waals surface area contributed by atoms with Gasteiger partial charge in [0.25, 0.3) is 11.8 Å². The average molecular weight is 427 g/mol. The van der Waals surface area contributed by atoms with Crippen molar-refractivity contribution >= 4 is 22.7 Å². The number of piperazine rings is 1. The molecule has 4 rings (SSSR count). The Balaban J connectivity index is 1.35. The highest BCUT2D eigenvalue weighted by Gasteiger charge is 2.26. The number of fused-ring (bicyclic) bond motifs is 1. The third kappa shape index (κ3) is 4.38. The lowest BCUT2D eigenvalue weighted by molar-refractivity contribution is -0.134. The van der Waals surface area contributed by atoms with Crippen molar-refractivity contribution in [2.24, 2.45) is 0 Å². The zero-order valence-electron chi connectivity index (χ0n) is 17.4. The molecule has 1 N–H and O–H groups in total. The minimum atomic E-state index is -0.616. The minimum Gasteiger partial charge on any atom is -0.484 e. The molecule has 0 saturated carbocycles. The molecule has 1 fully saturated rings. The summed E-state index contributed by atoms with van der Waals surface area (Å²) in [6.07, 6.45) is 0. The summed E-state index contributed by atoms with van der Waals surface area (Å²) in [7, 11) is 0. The molecule has 0 unspecified atom stereocenters. The molecule has 0 bridgehead atoms. The first kappa shape index (κ1) is 20.8. The molecular formula is C23H23F2N3O3. The fourth-order valence-electron chi connectivity index (χ4n) is 3.85. The quantitative estimate of drug-likeness (QED) is 0.694. The van der Waals surface area contributed by atoms with E-state index in [4.69, 9.17) is 4.74 Å². The number of amides is 2. The molecule has 2 aromatic carbocycles. The van der Waals surface area contributed by atoms with E-state index in [-0.39, 0.29) is 35.0 Å². The van der Waals surface area contributed by atoms with Crippen LogP contribution in [0.15, 0.2) is 36.4 Å². The van der Waals surface area contributed by atoms with Gasteiger partial charge in [0.2, 0.25) is 0 Å². The second-order valence-electron chi connectivity index (χ2n) is 7.79. The van der Waals surface area contributed by atoms with Crippen LogP contribution in [0.1, 0.15) is 21.6 Å². The molecule has 0 aliphatic carbocycles. The number of H-pyrrole nitrogens is 1. The highest BCUT2D eigenvalue weighted by atomic mass is 19.1. The Bertz CT molecular complexity index is 1090. The predicted octanol–water partition coefficient (Wildman–Crippen LogP) is 3.43. The van der Waals surface area contributed by atoms with Crippen LogP contribution < -0.4 is 4.74 Å². The maximum Gasteiger partial charge on any atom is 0.270 e. The lowest BCUT2D eigenvalue weighted by atomic mass is 10.1. The summed E-state index contributed by atoms with van der Waals surface area (Å²) >= 11 is 0. The lowest BCUT2D eigenvalue weighted by Gasteiger charge is -2.34. The Morgan fingerprint density at radius 3 is 2.19 bits per heavy atom. The molecule has 3 aromatic rings. The van der Waals surface area contributed by atoms with Gasteiger partial charge in [-0.2, -0.15) is 0 Å². The van der Waals surface area contributed by atoms with Gasteiger partial charge in [0.05, 0.1) is 5.52 Å². The van der Waals surface area contributed by atoms with Gasteiger partial charge in [0.15, 0.2) is 6.61 Å². The topological polar surface area (TPSA) is 65.6 Å². The second kappa shape index (κ2) is 8.37. The molecule has 0 atom stereocenters. The summed E-state index contributed by atoms with van der Waals surface area (Å²) in [6, 6.07) is 9.16. The van der Waals surface area contributed by atoms with Gasteiger partial charge in [-0.05, 0) is 55.3 Å². The summed E-state index contributed by atoms with van der Waals surface area (Å²) in [5.41, 5.74) is 2.22. The van der Waals surface area contributed by atoms with E-state index in [1.165, 1.54) is 6.07 Å². The number of benzene rings is 2. The summed E-state index contributed by atoms with van der Waals surface area (Å²) in [5, 5.41) is 0.0423. The van der Waals surface area contributed by atoms with Crippen LogP contribution in [0.4, 0.5) is 8.78 Å². The third-order valence-corrected chi connectivity index (χ3v) is 5.40. The highest BCUT2D eigenvalue weighted by Crippen LogP contribution is 2.23. The molecule has 2 heterocycles. The van der Waals surface area contributed by atoms with E-state index in [0.29, 0.717) is 31.9 Å². The molecule has 1 saturated heterocycles. The molecule has 0 spiro atoms. The van der Waals surface area contributed by atoms with Gasteiger partial charge in [-0.3, -0.25) is 9.59 Å². The molecule has 8 heteroatoms. The number of rotatable bonds is 4. The van der Waals surface area contributed by atoms with Gasteiger partial charge >= 0.3 is 0 Å². The van der Waals surface area contributed by atoms with Gasteiger partial charge in [0, 0.05) is 31.6 Å². The van der Waals surface area contributed by atoms with Crippen molar-refractivity contribution in [3.8, 4) is 5.75 Å². The number of aromatic amines is 1. The number of hydrogen-bond acceptors (Lipinski definition) is 3. The fourth-order valence-corrected chi connectivity index (χ4v) is 3.85. The minimum absolute atomic E-state index is 0.0271. The summed E-state index contributed by atoms with van der Waals surface area (Å²) < 4.78 is 33.4. The van der Waals surface area contributed by atoms with Gasteiger partial charge in [-0.15, -0.1) is 0 Å². The van der Waals surface area contributed by atoms with E-state index in [2.05, 4.69) is 4.98 Å². The molecule has 31 heavy (non-hydrogen) atoms. The Hall–Kier alpha value is -3.42. The molecule has 1 aromatic heterocycles. The van der Waals surface area contributed by atoms with Crippen molar-refractivity contribution in [3.63, 3.8) is 0 Å². The summed E-state index contributed by atoms with van der Waals surface area (Å²) in [6.45, 7) is 5.25. The first-order valence-corrected chi connectivity index (χ1v) is 10.1.